The fourth-order valence-corrected chi connectivity index (χ4v) is 5.60. The summed E-state index contributed by atoms with van der Waals surface area (Å²) < 4.78 is 54.5. The first-order valence-electron chi connectivity index (χ1n) is 17.8. The van der Waals surface area contributed by atoms with Crippen LogP contribution in [0.5, 0.6) is 11.5 Å². The van der Waals surface area contributed by atoms with E-state index in [1.165, 1.54) is 18.2 Å². The molecule has 50 heavy (non-hydrogen) atoms. The number of carbonyl (C=O) groups is 2. The fourth-order valence-electron chi connectivity index (χ4n) is 5.60. The predicted molar refractivity (Wildman–Crippen MR) is 189 cm³/mol. The van der Waals surface area contributed by atoms with Crippen LogP contribution in [0.15, 0.2) is 40.8 Å². The number of nitrogens with zero attached hydrogens (tertiary/aromatic N) is 2. The van der Waals surface area contributed by atoms with E-state index in [0.717, 1.165) is 68.5 Å². The van der Waals surface area contributed by atoms with Crippen molar-refractivity contribution in [1.29, 1.82) is 0 Å². The Morgan fingerprint density at radius 1 is 0.900 bits per heavy atom. The lowest BCUT2D eigenvalue weighted by molar-refractivity contribution is -0.154. The zero-order chi connectivity index (χ0) is 37.1. The van der Waals surface area contributed by atoms with E-state index < -0.39 is 11.6 Å². The minimum Gasteiger partial charge on any atom is -0.490 e. The SMILES string of the molecule is CCC(=O)OC(C)(C)C.CCC1CCN(C(=O)OC(C)(C)C)C1.Cc1nc2ccc(OC3CCC(COc4c(F)cccc4F)CC3)cc2o1. The van der Waals surface area contributed by atoms with Crippen molar-refractivity contribution in [3.8, 4) is 11.5 Å². The maximum atomic E-state index is 13.6. The topological polar surface area (TPSA) is 100 Å². The second-order valence-corrected chi connectivity index (χ2v) is 14.9. The largest absolute Gasteiger partial charge is 0.490 e. The van der Waals surface area contributed by atoms with Crippen molar-refractivity contribution in [2.45, 2.75) is 125 Å². The molecule has 0 spiro atoms. The lowest BCUT2D eigenvalue weighted by Crippen LogP contribution is -2.35. The van der Waals surface area contributed by atoms with Crippen LogP contribution in [0, 0.1) is 30.4 Å². The van der Waals surface area contributed by atoms with E-state index in [1.54, 1.807) is 6.92 Å². The number of esters is 1. The molecule has 1 aliphatic carbocycles. The van der Waals surface area contributed by atoms with E-state index in [2.05, 4.69) is 11.9 Å². The van der Waals surface area contributed by atoms with Crippen LogP contribution in [0.2, 0.25) is 0 Å². The normalized spacial score (nSPS) is 19.1. The number of amides is 1. The second kappa shape index (κ2) is 18.4. The minimum absolute atomic E-state index is 0.118. The van der Waals surface area contributed by atoms with Crippen molar-refractivity contribution in [3.63, 3.8) is 0 Å². The van der Waals surface area contributed by atoms with Crippen LogP contribution >= 0.6 is 0 Å². The number of likely N-dealkylation sites (tertiary alicyclic amines) is 1. The molecule has 2 aliphatic rings. The van der Waals surface area contributed by atoms with E-state index in [4.69, 9.17) is 23.4 Å². The molecular weight excluding hydrogens is 646 g/mol. The number of hydrogen-bond donors (Lipinski definition) is 0. The van der Waals surface area contributed by atoms with Gasteiger partial charge in [0.1, 0.15) is 22.5 Å². The first-order valence-corrected chi connectivity index (χ1v) is 17.8. The van der Waals surface area contributed by atoms with Crippen molar-refractivity contribution >= 4 is 23.2 Å². The molecular formula is C39H56F2N2O7. The molecule has 1 amide bonds. The third-order valence-corrected chi connectivity index (χ3v) is 8.17. The molecule has 0 radical (unpaired) electrons. The predicted octanol–water partition coefficient (Wildman–Crippen LogP) is 9.82. The molecule has 1 saturated carbocycles. The second-order valence-electron chi connectivity index (χ2n) is 14.9. The van der Waals surface area contributed by atoms with Gasteiger partial charge in [0, 0.05) is 32.5 Å². The number of benzene rings is 2. The van der Waals surface area contributed by atoms with Crippen LogP contribution in [0.1, 0.15) is 106 Å². The number of fused-ring (bicyclic) bond motifs is 1. The summed E-state index contributed by atoms with van der Waals surface area (Å²) in [6.07, 6.45) is 6.23. The Morgan fingerprint density at radius 2 is 1.54 bits per heavy atom. The lowest BCUT2D eigenvalue weighted by Gasteiger charge is -2.29. The number of aryl methyl sites for hydroxylation is 1. The maximum absolute atomic E-state index is 13.6. The van der Waals surface area contributed by atoms with Crippen LogP contribution < -0.4 is 9.47 Å². The number of carbonyl (C=O) groups excluding carboxylic acids is 2. The summed E-state index contributed by atoms with van der Waals surface area (Å²) in [5.41, 5.74) is 0.842. The Hall–Kier alpha value is -3.89. The number of para-hydroxylation sites is 1. The Bertz CT molecular complexity index is 1500. The molecule has 278 valence electrons. The van der Waals surface area contributed by atoms with Crippen molar-refractivity contribution in [2.24, 2.45) is 11.8 Å². The minimum atomic E-state index is -0.662. The van der Waals surface area contributed by atoms with Gasteiger partial charge in [-0.3, -0.25) is 4.79 Å². The molecule has 0 N–H and O–H groups in total. The van der Waals surface area contributed by atoms with Gasteiger partial charge in [-0.2, -0.15) is 0 Å². The molecule has 1 aliphatic heterocycles. The molecule has 1 saturated heterocycles. The summed E-state index contributed by atoms with van der Waals surface area (Å²) in [6, 6.07) is 9.40. The number of halogens is 2. The van der Waals surface area contributed by atoms with Gasteiger partial charge in [-0.1, -0.05) is 26.3 Å². The van der Waals surface area contributed by atoms with E-state index in [1.807, 2.05) is 71.6 Å². The van der Waals surface area contributed by atoms with Crippen molar-refractivity contribution < 1.29 is 41.7 Å². The third-order valence-electron chi connectivity index (χ3n) is 8.17. The number of ether oxygens (including phenoxy) is 4. The third kappa shape index (κ3) is 13.8. The zero-order valence-electron chi connectivity index (χ0n) is 31.3. The van der Waals surface area contributed by atoms with Crippen LogP contribution in [0.4, 0.5) is 13.6 Å². The molecule has 9 nitrogen and oxygen atoms in total. The van der Waals surface area contributed by atoms with Gasteiger partial charge < -0.3 is 28.3 Å². The first kappa shape index (κ1) is 40.5. The van der Waals surface area contributed by atoms with E-state index in [0.29, 0.717) is 24.8 Å². The van der Waals surface area contributed by atoms with Gasteiger partial charge in [0.25, 0.3) is 0 Å². The molecule has 11 heteroatoms. The standard InChI is InChI=1S/C21H21F2NO3.C11H21NO2.C7H14O2/c1-13-24-19-10-9-16(11-20(19)26-13)27-15-7-5-14(6-8-15)12-25-21-17(22)3-2-4-18(21)23;1-5-9-6-7-12(8-9)10(13)14-11(2,3)4;1-5-6(8)9-7(2,3)4/h2-4,9-11,14-15H,5-8,12H2,1H3;9H,5-8H2,1-4H3;5H2,1-4H3. The number of hydrogen-bond acceptors (Lipinski definition) is 8. The Balaban J connectivity index is 0.000000245. The highest BCUT2D eigenvalue weighted by atomic mass is 19.1. The molecule has 2 fully saturated rings. The summed E-state index contributed by atoms with van der Waals surface area (Å²) >= 11 is 0. The molecule has 1 unspecified atom stereocenters. The smallest absolute Gasteiger partial charge is 0.410 e. The van der Waals surface area contributed by atoms with Gasteiger partial charge in [0.05, 0.1) is 12.7 Å². The van der Waals surface area contributed by atoms with Crippen molar-refractivity contribution in [2.75, 3.05) is 19.7 Å². The Kier molecular flexibility index (Phi) is 14.9. The highest BCUT2D eigenvalue weighted by molar-refractivity contribution is 5.74. The highest BCUT2D eigenvalue weighted by Gasteiger charge is 2.29. The average Bonchev–Trinajstić information content (AvgIpc) is 3.66. The van der Waals surface area contributed by atoms with Gasteiger partial charge in [0.15, 0.2) is 28.9 Å². The lowest BCUT2D eigenvalue weighted by atomic mass is 9.88. The number of oxazole rings is 1. The average molecular weight is 703 g/mol. The van der Waals surface area contributed by atoms with Gasteiger partial charge in [-0.05, 0) is 110 Å². The Morgan fingerprint density at radius 3 is 2.08 bits per heavy atom. The molecule has 5 rings (SSSR count). The summed E-state index contributed by atoms with van der Waals surface area (Å²) in [7, 11) is 0. The number of rotatable bonds is 7. The van der Waals surface area contributed by atoms with E-state index in [-0.39, 0.29) is 41.0 Å². The fraction of sp³-hybridized carbons (Fsp3) is 0.615. The van der Waals surface area contributed by atoms with Gasteiger partial charge >= 0.3 is 12.1 Å². The molecule has 2 aromatic carbocycles. The van der Waals surface area contributed by atoms with Crippen LogP contribution in [0.25, 0.3) is 11.1 Å². The summed E-state index contributed by atoms with van der Waals surface area (Å²) in [6.45, 7) is 19.1. The van der Waals surface area contributed by atoms with Crippen LogP contribution in [-0.2, 0) is 14.3 Å². The molecule has 2 heterocycles. The molecule has 1 aromatic heterocycles. The highest BCUT2D eigenvalue weighted by Crippen LogP contribution is 2.31. The molecule has 0 bridgehead atoms. The van der Waals surface area contributed by atoms with Gasteiger partial charge in [0.2, 0.25) is 0 Å². The zero-order valence-corrected chi connectivity index (χ0v) is 31.3. The Labute approximate surface area is 296 Å². The van der Waals surface area contributed by atoms with Gasteiger partial charge in [-0.25, -0.2) is 18.6 Å². The summed E-state index contributed by atoms with van der Waals surface area (Å²) in [4.78, 5) is 28.3. The van der Waals surface area contributed by atoms with Crippen LogP contribution in [-0.4, -0.2) is 58.9 Å². The van der Waals surface area contributed by atoms with E-state index in [9.17, 15) is 18.4 Å². The first-order chi connectivity index (χ1) is 23.5. The number of aromatic nitrogens is 1. The summed E-state index contributed by atoms with van der Waals surface area (Å²) in [5.74, 6) is 0.593. The van der Waals surface area contributed by atoms with Crippen LogP contribution in [0.3, 0.4) is 0 Å². The van der Waals surface area contributed by atoms with Crippen molar-refractivity contribution in [1.82, 2.24) is 9.88 Å². The van der Waals surface area contributed by atoms with Crippen molar-refractivity contribution in [3.05, 3.63) is 53.9 Å². The maximum Gasteiger partial charge on any atom is 0.410 e. The summed E-state index contributed by atoms with van der Waals surface area (Å²) in [5, 5.41) is 0. The molecule has 1 atom stereocenters. The van der Waals surface area contributed by atoms with Gasteiger partial charge in [-0.15, -0.1) is 0 Å². The van der Waals surface area contributed by atoms with E-state index >= 15 is 0 Å². The quantitative estimate of drug-likeness (QED) is 0.224. The molecule has 3 aromatic rings. The monoisotopic (exact) mass is 702 g/mol.